The number of amides is 2. The van der Waals surface area contributed by atoms with Crippen LogP contribution in [0.15, 0.2) is 48.8 Å². The van der Waals surface area contributed by atoms with Crippen LogP contribution in [0.3, 0.4) is 0 Å². The first-order valence-electron chi connectivity index (χ1n) is 6.68. The van der Waals surface area contributed by atoms with E-state index in [1.807, 2.05) is 18.2 Å². The van der Waals surface area contributed by atoms with Gasteiger partial charge in [0.2, 0.25) is 0 Å². The quantitative estimate of drug-likeness (QED) is 0.598. The molecule has 0 atom stereocenters. The minimum absolute atomic E-state index is 0.0249. The number of hydrazine groups is 1. The van der Waals surface area contributed by atoms with Gasteiger partial charge in [-0.3, -0.25) is 20.4 Å². The first-order valence-corrected chi connectivity index (χ1v) is 6.68. The molecule has 23 heavy (non-hydrogen) atoms. The standard InChI is InChI=1S/C15H12N6O2/c16-13-12(17-7-8-18-13)15(23)21-20-14(22)11-6-5-9-3-1-2-4-10(9)19-11/h1-8H,(H2,16,18)(H,20,22)(H,21,23). The second-order valence-electron chi connectivity index (χ2n) is 4.59. The smallest absolute Gasteiger partial charge is 0.292 e. The molecular formula is C15H12N6O2. The number of aromatic nitrogens is 3. The van der Waals surface area contributed by atoms with Crippen molar-refractivity contribution in [3.05, 3.63) is 60.2 Å². The molecule has 2 heterocycles. The zero-order chi connectivity index (χ0) is 16.2. The maximum absolute atomic E-state index is 12.1. The van der Waals surface area contributed by atoms with Crippen LogP contribution < -0.4 is 16.6 Å². The lowest BCUT2D eigenvalue weighted by atomic mass is 10.2. The van der Waals surface area contributed by atoms with Gasteiger partial charge in [0.1, 0.15) is 5.69 Å². The van der Waals surface area contributed by atoms with Crippen LogP contribution in [0.25, 0.3) is 10.9 Å². The number of nitrogens with two attached hydrogens (primary N) is 1. The third kappa shape index (κ3) is 3.05. The fraction of sp³-hybridized carbons (Fsp3) is 0. The van der Waals surface area contributed by atoms with Crippen molar-refractivity contribution in [2.24, 2.45) is 0 Å². The van der Waals surface area contributed by atoms with Gasteiger partial charge >= 0.3 is 0 Å². The molecule has 8 nitrogen and oxygen atoms in total. The molecule has 3 aromatic rings. The fourth-order valence-electron chi connectivity index (χ4n) is 1.95. The lowest BCUT2D eigenvalue weighted by Crippen LogP contribution is -2.42. The molecule has 2 amide bonds. The van der Waals surface area contributed by atoms with Crippen molar-refractivity contribution in [2.75, 3.05) is 5.73 Å². The number of nitrogens with zero attached hydrogens (tertiary/aromatic N) is 3. The molecule has 2 aromatic heterocycles. The molecule has 0 bridgehead atoms. The normalized spacial score (nSPS) is 10.3. The molecule has 0 unspecified atom stereocenters. The molecular weight excluding hydrogens is 296 g/mol. The average Bonchev–Trinajstić information content (AvgIpc) is 2.59. The van der Waals surface area contributed by atoms with Crippen LogP contribution in [0.2, 0.25) is 0 Å². The average molecular weight is 308 g/mol. The van der Waals surface area contributed by atoms with E-state index < -0.39 is 11.8 Å². The highest BCUT2D eigenvalue weighted by atomic mass is 16.2. The number of anilines is 1. The minimum Gasteiger partial charge on any atom is -0.382 e. The van der Waals surface area contributed by atoms with Crippen molar-refractivity contribution in [3.8, 4) is 0 Å². The van der Waals surface area contributed by atoms with E-state index in [9.17, 15) is 9.59 Å². The molecule has 0 fully saturated rings. The van der Waals surface area contributed by atoms with Gasteiger partial charge in [0, 0.05) is 17.8 Å². The van der Waals surface area contributed by atoms with E-state index in [-0.39, 0.29) is 17.2 Å². The summed E-state index contributed by atoms with van der Waals surface area (Å²) in [7, 11) is 0. The topological polar surface area (TPSA) is 123 Å². The number of carbonyl (C=O) groups is 2. The van der Waals surface area contributed by atoms with Gasteiger partial charge in [0.15, 0.2) is 11.5 Å². The summed E-state index contributed by atoms with van der Waals surface area (Å²) in [6, 6.07) is 10.7. The van der Waals surface area contributed by atoms with Crippen molar-refractivity contribution in [1.29, 1.82) is 0 Å². The Labute approximate surface area is 130 Å². The number of nitrogens with one attached hydrogen (secondary N) is 2. The minimum atomic E-state index is -0.662. The Morgan fingerprint density at radius 2 is 1.65 bits per heavy atom. The summed E-state index contributed by atoms with van der Waals surface area (Å²) in [5.41, 5.74) is 10.8. The number of para-hydroxylation sites is 1. The molecule has 8 heteroatoms. The number of nitrogen functional groups attached to an aromatic ring is 1. The molecule has 0 aliphatic carbocycles. The number of fused-ring (bicyclic) bond motifs is 1. The van der Waals surface area contributed by atoms with Gasteiger partial charge in [-0.05, 0) is 12.1 Å². The van der Waals surface area contributed by atoms with Gasteiger partial charge in [-0.1, -0.05) is 24.3 Å². The Morgan fingerprint density at radius 3 is 2.48 bits per heavy atom. The first kappa shape index (κ1) is 14.4. The third-order valence-electron chi connectivity index (χ3n) is 3.06. The summed E-state index contributed by atoms with van der Waals surface area (Å²) in [4.78, 5) is 35.7. The van der Waals surface area contributed by atoms with Crippen molar-refractivity contribution in [1.82, 2.24) is 25.8 Å². The summed E-state index contributed by atoms with van der Waals surface area (Å²) in [5.74, 6) is -1.24. The van der Waals surface area contributed by atoms with Gasteiger partial charge in [-0.2, -0.15) is 0 Å². The van der Waals surface area contributed by atoms with Gasteiger partial charge < -0.3 is 5.73 Å². The SMILES string of the molecule is Nc1nccnc1C(=O)NNC(=O)c1ccc2ccccc2n1. The number of hydrogen-bond donors (Lipinski definition) is 3. The van der Waals surface area contributed by atoms with Crippen LogP contribution in [-0.2, 0) is 0 Å². The van der Waals surface area contributed by atoms with Crippen LogP contribution >= 0.6 is 0 Å². The Morgan fingerprint density at radius 1 is 0.913 bits per heavy atom. The molecule has 0 aliphatic rings. The molecule has 1 aromatic carbocycles. The molecule has 0 radical (unpaired) electrons. The summed E-state index contributed by atoms with van der Waals surface area (Å²) >= 11 is 0. The van der Waals surface area contributed by atoms with Gasteiger partial charge in [0.25, 0.3) is 11.8 Å². The lowest BCUT2D eigenvalue weighted by molar-refractivity contribution is 0.0842. The zero-order valence-electron chi connectivity index (χ0n) is 11.9. The fourth-order valence-corrected chi connectivity index (χ4v) is 1.95. The van der Waals surface area contributed by atoms with Crippen LogP contribution in [-0.4, -0.2) is 26.8 Å². The number of carbonyl (C=O) groups excluding carboxylic acids is 2. The highest BCUT2D eigenvalue weighted by Crippen LogP contribution is 2.11. The van der Waals surface area contributed by atoms with Gasteiger partial charge in [-0.15, -0.1) is 0 Å². The summed E-state index contributed by atoms with van der Waals surface area (Å²) in [5, 5.41) is 0.917. The maximum atomic E-state index is 12.1. The highest BCUT2D eigenvalue weighted by Gasteiger charge is 2.14. The number of pyridine rings is 1. The predicted molar refractivity (Wildman–Crippen MR) is 83.1 cm³/mol. The Balaban J connectivity index is 1.71. The zero-order valence-corrected chi connectivity index (χ0v) is 11.9. The monoisotopic (exact) mass is 308 g/mol. The molecule has 0 saturated carbocycles. The Hall–Kier alpha value is -3.55. The van der Waals surface area contributed by atoms with E-state index in [1.165, 1.54) is 12.4 Å². The summed E-state index contributed by atoms with van der Waals surface area (Å²) < 4.78 is 0. The molecule has 3 rings (SSSR count). The highest BCUT2D eigenvalue weighted by molar-refractivity contribution is 6.00. The van der Waals surface area contributed by atoms with Crippen molar-refractivity contribution in [2.45, 2.75) is 0 Å². The number of hydrogen-bond acceptors (Lipinski definition) is 6. The van der Waals surface area contributed by atoms with Crippen LogP contribution in [0, 0.1) is 0 Å². The van der Waals surface area contributed by atoms with Gasteiger partial charge in [-0.25, -0.2) is 15.0 Å². The summed E-state index contributed by atoms with van der Waals surface area (Å²) in [6.07, 6.45) is 2.70. The molecule has 114 valence electrons. The number of benzene rings is 1. The van der Waals surface area contributed by atoms with E-state index in [2.05, 4.69) is 25.8 Å². The van der Waals surface area contributed by atoms with E-state index in [1.54, 1.807) is 18.2 Å². The third-order valence-corrected chi connectivity index (χ3v) is 3.06. The molecule has 0 saturated heterocycles. The lowest BCUT2D eigenvalue weighted by Gasteiger charge is -2.07. The Kier molecular flexibility index (Phi) is 3.79. The van der Waals surface area contributed by atoms with E-state index in [4.69, 9.17) is 5.73 Å². The van der Waals surface area contributed by atoms with Gasteiger partial charge in [0.05, 0.1) is 5.52 Å². The van der Waals surface area contributed by atoms with Crippen LogP contribution in [0.5, 0.6) is 0 Å². The molecule has 0 spiro atoms. The van der Waals surface area contributed by atoms with Crippen LogP contribution in [0.4, 0.5) is 5.82 Å². The number of rotatable bonds is 2. The molecule has 0 aliphatic heterocycles. The molecule has 4 N–H and O–H groups in total. The Bertz CT molecular complexity index is 896. The van der Waals surface area contributed by atoms with E-state index >= 15 is 0 Å². The van der Waals surface area contributed by atoms with E-state index in [0.29, 0.717) is 5.52 Å². The van der Waals surface area contributed by atoms with Crippen molar-refractivity contribution < 1.29 is 9.59 Å². The van der Waals surface area contributed by atoms with E-state index in [0.717, 1.165) is 5.39 Å². The maximum Gasteiger partial charge on any atom is 0.292 e. The second-order valence-corrected chi connectivity index (χ2v) is 4.59. The van der Waals surface area contributed by atoms with Crippen molar-refractivity contribution >= 4 is 28.5 Å². The van der Waals surface area contributed by atoms with Crippen LogP contribution in [0.1, 0.15) is 21.0 Å². The summed E-state index contributed by atoms with van der Waals surface area (Å²) in [6.45, 7) is 0. The predicted octanol–water partition coefficient (Wildman–Crippen LogP) is 0.682. The first-order chi connectivity index (χ1) is 11.1. The largest absolute Gasteiger partial charge is 0.382 e. The second kappa shape index (κ2) is 6.06. The van der Waals surface area contributed by atoms with Crippen molar-refractivity contribution in [3.63, 3.8) is 0 Å².